The van der Waals surface area contributed by atoms with Gasteiger partial charge in [-0.1, -0.05) is 18.2 Å². The van der Waals surface area contributed by atoms with Crippen LogP contribution in [-0.2, 0) is 4.79 Å². The zero-order valence-corrected chi connectivity index (χ0v) is 7.69. The summed E-state index contributed by atoms with van der Waals surface area (Å²) in [6, 6.07) is 10.5. The van der Waals surface area contributed by atoms with Gasteiger partial charge < -0.3 is 10.4 Å². The number of rotatable bonds is 3. The number of hydrogen-bond acceptors (Lipinski definition) is 3. The SMILES string of the molecule is C[C@](C#N)(Nc1ccccc1)C(=O)O. The number of carboxylic acid groups (broad SMARTS) is 1. The van der Waals surface area contributed by atoms with Crippen LogP contribution >= 0.6 is 0 Å². The standard InChI is InChI=1S/C10H10N2O2/c1-10(7-11,9(13)14)12-8-5-3-2-4-6-8/h2-6,12H,1H3,(H,13,14)/t10-/m1/s1. The lowest BCUT2D eigenvalue weighted by molar-refractivity contribution is -0.139. The predicted octanol–water partition coefficient (Wildman–Crippen LogP) is 1.47. The number of carboxylic acids is 1. The molecule has 1 rings (SSSR count). The second-order valence-electron chi connectivity index (χ2n) is 3.03. The highest BCUT2D eigenvalue weighted by Gasteiger charge is 2.32. The molecule has 1 aromatic carbocycles. The van der Waals surface area contributed by atoms with Crippen molar-refractivity contribution < 1.29 is 9.90 Å². The quantitative estimate of drug-likeness (QED) is 0.756. The number of hydrogen-bond donors (Lipinski definition) is 2. The first-order chi connectivity index (χ1) is 6.58. The molecule has 0 bridgehead atoms. The molecule has 4 heteroatoms. The van der Waals surface area contributed by atoms with Gasteiger partial charge in [0.2, 0.25) is 5.54 Å². The van der Waals surface area contributed by atoms with Gasteiger partial charge in [-0.2, -0.15) is 5.26 Å². The Kier molecular flexibility index (Phi) is 2.73. The van der Waals surface area contributed by atoms with Gasteiger partial charge in [0.15, 0.2) is 0 Å². The summed E-state index contributed by atoms with van der Waals surface area (Å²) in [6.45, 7) is 1.32. The lowest BCUT2D eigenvalue weighted by Crippen LogP contribution is -2.41. The highest BCUT2D eigenvalue weighted by atomic mass is 16.4. The van der Waals surface area contributed by atoms with Crippen molar-refractivity contribution in [1.29, 1.82) is 5.26 Å². The van der Waals surface area contributed by atoms with Crippen LogP contribution < -0.4 is 5.32 Å². The summed E-state index contributed by atoms with van der Waals surface area (Å²) in [7, 11) is 0. The maximum Gasteiger partial charge on any atom is 0.344 e. The van der Waals surface area contributed by atoms with Crippen LogP contribution in [0.15, 0.2) is 30.3 Å². The van der Waals surface area contributed by atoms with E-state index in [1.165, 1.54) is 6.92 Å². The monoisotopic (exact) mass is 190 g/mol. The van der Waals surface area contributed by atoms with E-state index < -0.39 is 11.5 Å². The third-order valence-electron chi connectivity index (χ3n) is 1.82. The third-order valence-corrected chi connectivity index (χ3v) is 1.82. The predicted molar refractivity (Wildman–Crippen MR) is 51.7 cm³/mol. The highest BCUT2D eigenvalue weighted by molar-refractivity contribution is 5.85. The first-order valence-corrected chi connectivity index (χ1v) is 4.06. The maximum absolute atomic E-state index is 10.8. The molecule has 0 aliphatic heterocycles. The van der Waals surface area contributed by atoms with Crippen LogP contribution in [0.25, 0.3) is 0 Å². The van der Waals surface area contributed by atoms with E-state index in [2.05, 4.69) is 5.32 Å². The fourth-order valence-electron chi connectivity index (χ4n) is 0.939. The molecule has 0 saturated heterocycles. The average molecular weight is 190 g/mol. The maximum atomic E-state index is 10.8. The van der Waals surface area contributed by atoms with E-state index in [1.807, 2.05) is 6.07 Å². The van der Waals surface area contributed by atoms with Crippen molar-refractivity contribution in [3.8, 4) is 6.07 Å². The fraction of sp³-hybridized carbons (Fsp3) is 0.200. The summed E-state index contributed by atoms with van der Waals surface area (Å²) in [5, 5.41) is 20.2. The molecule has 0 aliphatic carbocycles. The van der Waals surface area contributed by atoms with E-state index >= 15 is 0 Å². The van der Waals surface area contributed by atoms with E-state index in [9.17, 15) is 4.79 Å². The summed E-state index contributed by atoms with van der Waals surface area (Å²) in [5.41, 5.74) is -0.972. The highest BCUT2D eigenvalue weighted by Crippen LogP contribution is 2.14. The molecule has 0 aliphatic rings. The van der Waals surface area contributed by atoms with Crippen LogP contribution in [0.3, 0.4) is 0 Å². The van der Waals surface area contributed by atoms with E-state index in [0.29, 0.717) is 5.69 Å². The van der Waals surface area contributed by atoms with Crippen molar-refractivity contribution in [3.05, 3.63) is 30.3 Å². The van der Waals surface area contributed by atoms with E-state index in [1.54, 1.807) is 30.3 Å². The summed E-state index contributed by atoms with van der Waals surface area (Å²) in [4.78, 5) is 10.8. The Morgan fingerprint density at radius 3 is 2.50 bits per heavy atom. The minimum Gasteiger partial charge on any atom is -0.479 e. The first-order valence-electron chi connectivity index (χ1n) is 4.06. The van der Waals surface area contributed by atoms with E-state index in [0.717, 1.165) is 0 Å². The summed E-state index contributed by atoms with van der Waals surface area (Å²) in [5.74, 6) is -1.19. The van der Waals surface area contributed by atoms with Crippen molar-refractivity contribution in [2.24, 2.45) is 0 Å². The topological polar surface area (TPSA) is 73.1 Å². The van der Waals surface area contributed by atoms with Crippen LogP contribution in [0.2, 0.25) is 0 Å². The summed E-state index contributed by atoms with van der Waals surface area (Å²) >= 11 is 0. The average Bonchev–Trinajstić information content (AvgIpc) is 2.19. The normalized spacial score (nSPS) is 13.7. The van der Waals surface area contributed by atoms with Crippen molar-refractivity contribution in [2.75, 3.05) is 5.32 Å². The van der Waals surface area contributed by atoms with Crippen LogP contribution in [-0.4, -0.2) is 16.6 Å². The number of benzene rings is 1. The molecule has 4 nitrogen and oxygen atoms in total. The Balaban J connectivity index is 2.88. The van der Waals surface area contributed by atoms with Crippen LogP contribution in [0.1, 0.15) is 6.92 Å². The minimum absolute atomic E-state index is 0.610. The van der Waals surface area contributed by atoms with Gasteiger partial charge >= 0.3 is 5.97 Å². The van der Waals surface area contributed by atoms with Crippen LogP contribution in [0.5, 0.6) is 0 Å². The van der Waals surface area contributed by atoms with Crippen LogP contribution in [0.4, 0.5) is 5.69 Å². The van der Waals surface area contributed by atoms with Gasteiger partial charge in [0, 0.05) is 5.69 Å². The number of anilines is 1. The van der Waals surface area contributed by atoms with Gasteiger partial charge in [-0.15, -0.1) is 0 Å². The molecular formula is C10H10N2O2. The molecule has 14 heavy (non-hydrogen) atoms. The summed E-state index contributed by atoms with van der Waals surface area (Å²) < 4.78 is 0. The molecule has 1 aromatic rings. The lowest BCUT2D eigenvalue weighted by atomic mass is 10.1. The molecule has 1 atom stereocenters. The van der Waals surface area contributed by atoms with Crippen LogP contribution in [0, 0.1) is 11.3 Å². The number of nitrogens with one attached hydrogen (secondary N) is 1. The van der Waals surface area contributed by atoms with Gasteiger partial charge in [-0.05, 0) is 19.1 Å². The molecule has 0 heterocycles. The van der Waals surface area contributed by atoms with Gasteiger partial charge in [0.05, 0.1) is 0 Å². The third kappa shape index (κ3) is 2.02. The molecule has 0 amide bonds. The van der Waals surface area contributed by atoms with Gasteiger partial charge in [-0.3, -0.25) is 0 Å². The van der Waals surface area contributed by atoms with E-state index in [-0.39, 0.29) is 0 Å². The zero-order chi connectivity index (χ0) is 10.6. The first kappa shape index (κ1) is 10.1. The Morgan fingerprint density at radius 2 is 2.07 bits per heavy atom. The summed E-state index contributed by atoms with van der Waals surface area (Å²) in [6.07, 6.45) is 0. The smallest absolute Gasteiger partial charge is 0.344 e. The van der Waals surface area contributed by atoms with Crippen molar-refractivity contribution in [2.45, 2.75) is 12.5 Å². The number of carbonyl (C=O) groups is 1. The molecule has 0 unspecified atom stereocenters. The van der Waals surface area contributed by atoms with E-state index in [4.69, 9.17) is 10.4 Å². The molecule has 0 radical (unpaired) electrons. The molecule has 0 saturated carbocycles. The molecule has 0 fully saturated rings. The second kappa shape index (κ2) is 3.79. The van der Waals surface area contributed by atoms with Gasteiger partial charge in [0.25, 0.3) is 0 Å². The van der Waals surface area contributed by atoms with Crippen molar-refractivity contribution >= 4 is 11.7 Å². The lowest BCUT2D eigenvalue weighted by Gasteiger charge is -2.19. The second-order valence-corrected chi connectivity index (χ2v) is 3.03. The number of aliphatic carboxylic acids is 1. The number of para-hydroxylation sites is 1. The molecule has 2 N–H and O–H groups in total. The largest absolute Gasteiger partial charge is 0.479 e. The molecule has 0 aromatic heterocycles. The van der Waals surface area contributed by atoms with Gasteiger partial charge in [0.1, 0.15) is 6.07 Å². The molecule has 0 spiro atoms. The molecule has 72 valence electrons. The van der Waals surface area contributed by atoms with Gasteiger partial charge in [-0.25, -0.2) is 4.79 Å². The number of nitrogens with zero attached hydrogens (tertiary/aromatic N) is 1. The van der Waals surface area contributed by atoms with Crippen molar-refractivity contribution in [3.63, 3.8) is 0 Å². The minimum atomic E-state index is -1.58. The fourth-order valence-corrected chi connectivity index (χ4v) is 0.939. The zero-order valence-electron chi connectivity index (χ0n) is 7.69. The molecular weight excluding hydrogens is 180 g/mol. The Labute approximate surface area is 81.8 Å². The Bertz CT molecular complexity index is 369. The Morgan fingerprint density at radius 1 is 1.50 bits per heavy atom. The Hall–Kier alpha value is -2.02. The van der Waals surface area contributed by atoms with Crippen molar-refractivity contribution in [1.82, 2.24) is 0 Å². The number of nitriles is 1.